The number of carbonyl (C=O) groups excluding carboxylic acids is 2. The van der Waals surface area contributed by atoms with Crippen LogP contribution in [0.3, 0.4) is 0 Å². The van der Waals surface area contributed by atoms with E-state index in [0.29, 0.717) is 23.5 Å². The maximum Gasteiger partial charge on any atom is 0.255 e. The third-order valence-electron chi connectivity index (χ3n) is 4.44. The molecule has 2 aromatic rings. The number of rotatable bonds is 9. The van der Waals surface area contributed by atoms with E-state index in [9.17, 15) is 9.59 Å². The van der Waals surface area contributed by atoms with E-state index >= 15 is 0 Å². The molecule has 0 saturated heterocycles. The van der Waals surface area contributed by atoms with Gasteiger partial charge in [-0.1, -0.05) is 53.0 Å². The van der Waals surface area contributed by atoms with Crippen molar-refractivity contribution in [1.82, 2.24) is 0 Å². The zero-order valence-electron chi connectivity index (χ0n) is 17.9. The second-order valence-corrected chi connectivity index (χ2v) is 8.17. The van der Waals surface area contributed by atoms with Gasteiger partial charge in [0.1, 0.15) is 5.75 Å². The van der Waals surface area contributed by atoms with E-state index in [2.05, 4.69) is 17.6 Å². The number of ether oxygens (including phenoxy) is 1. The van der Waals surface area contributed by atoms with Crippen LogP contribution in [0.4, 0.5) is 11.4 Å². The fourth-order valence-electron chi connectivity index (χ4n) is 2.62. The van der Waals surface area contributed by atoms with Crippen molar-refractivity contribution in [1.29, 1.82) is 0 Å². The summed E-state index contributed by atoms with van der Waals surface area (Å²) in [6, 6.07) is 14.3. The minimum absolute atomic E-state index is 0.0775. The van der Waals surface area contributed by atoms with Gasteiger partial charge >= 0.3 is 0 Å². The average molecular weight is 397 g/mol. The lowest BCUT2D eigenvalue weighted by Gasteiger charge is -2.18. The fraction of sp³-hybridized carbons (Fsp3) is 0.417. The summed E-state index contributed by atoms with van der Waals surface area (Å²) in [4.78, 5) is 24.6. The molecule has 2 aromatic carbocycles. The van der Waals surface area contributed by atoms with Crippen molar-refractivity contribution in [2.24, 2.45) is 5.41 Å². The van der Waals surface area contributed by atoms with Crippen LogP contribution in [0, 0.1) is 5.41 Å². The zero-order valence-corrected chi connectivity index (χ0v) is 17.9. The van der Waals surface area contributed by atoms with Crippen LogP contribution in [0.15, 0.2) is 48.5 Å². The lowest BCUT2D eigenvalue weighted by atomic mass is 9.95. The molecule has 0 unspecified atom stereocenters. The second-order valence-electron chi connectivity index (χ2n) is 8.17. The Morgan fingerprint density at radius 3 is 2.17 bits per heavy atom. The topological polar surface area (TPSA) is 67.4 Å². The molecule has 5 heteroatoms. The summed E-state index contributed by atoms with van der Waals surface area (Å²) in [5.74, 6) is 0.481. The predicted octanol–water partition coefficient (Wildman–Crippen LogP) is 5.88. The molecule has 0 aliphatic carbocycles. The third-order valence-corrected chi connectivity index (χ3v) is 4.44. The molecule has 0 atom stereocenters. The van der Waals surface area contributed by atoms with Gasteiger partial charge in [-0.15, -0.1) is 0 Å². The average Bonchev–Trinajstić information content (AvgIpc) is 2.68. The Morgan fingerprint density at radius 1 is 0.897 bits per heavy atom. The molecule has 2 amide bonds. The highest BCUT2D eigenvalue weighted by Crippen LogP contribution is 2.21. The van der Waals surface area contributed by atoms with Gasteiger partial charge in [-0.2, -0.15) is 0 Å². The minimum atomic E-state index is -0.487. The summed E-state index contributed by atoms with van der Waals surface area (Å²) in [5, 5.41) is 5.73. The predicted molar refractivity (Wildman–Crippen MR) is 119 cm³/mol. The van der Waals surface area contributed by atoms with E-state index in [0.717, 1.165) is 12.2 Å². The Labute approximate surface area is 173 Å². The monoisotopic (exact) mass is 396 g/mol. The molecule has 0 heterocycles. The Hall–Kier alpha value is -2.82. The summed E-state index contributed by atoms with van der Waals surface area (Å²) >= 11 is 0. The molecule has 0 aromatic heterocycles. The van der Waals surface area contributed by atoms with Crippen molar-refractivity contribution in [3.63, 3.8) is 0 Å². The van der Waals surface area contributed by atoms with Gasteiger partial charge in [0, 0.05) is 22.4 Å². The maximum atomic E-state index is 12.5. The van der Waals surface area contributed by atoms with Crippen LogP contribution < -0.4 is 15.4 Å². The first-order valence-electron chi connectivity index (χ1n) is 10.3. The van der Waals surface area contributed by atoms with Crippen molar-refractivity contribution in [2.45, 2.75) is 53.4 Å². The quantitative estimate of drug-likeness (QED) is 0.520. The number of hydrogen-bond acceptors (Lipinski definition) is 3. The first kappa shape index (κ1) is 22.5. The van der Waals surface area contributed by atoms with Crippen molar-refractivity contribution in [2.75, 3.05) is 17.2 Å². The van der Waals surface area contributed by atoms with E-state index in [1.54, 1.807) is 36.4 Å². The van der Waals surface area contributed by atoms with Crippen LogP contribution in [0.1, 0.15) is 63.7 Å². The molecule has 0 aliphatic heterocycles. The molecule has 0 spiro atoms. The molecule has 0 fully saturated rings. The van der Waals surface area contributed by atoms with Crippen LogP contribution >= 0.6 is 0 Å². The van der Waals surface area contributed by atoms with Crippen molar-refractivity contribution in [3.05, 3.63) is 54.1 Å². The third kappa shape index (κ3) is 7.60. The van der Waals surface area contributed by atoms with E-state index in [-0.39, 0.29) is 11.8 Å². The summed E-state index contributed by atoms with van der Waals surface area (Å²) in [6.45, 7) is 8.44. The lowest BCUT2D eigenvalue weighted by Crippen LogP contribution is -2.27. The highest BCUT2D eigenvalue weighted by molar-refractivity contribution is 6.04. The number of hydrogen-bond donors (Lipinski definition) is 2. The molecule has 156 valence electrons. The first-order chi connectivity index (χ1) is 13.8. The van der Waals surface area contributed by atoms with Crippen LogP contribution in [-0.2, 0) is 4.79 Å². The van der Waals surface area contributed by atoms with Gasteiger partial charge in [0.05, 0.1) is 6.61 Å². The molecule has 29 heavy (non-hydrogen) atoms. The second kappa shape index (κ2) is 10.6. The number of anilines is 2. The zero-order chi connectivity index (χ0) is 21.3. The summed E-state index contributed by atoms with van der Waals surface area (Å²) in [5.41, 5.74) is 1.33. The van der Waals surface area contributed by atoms with Crippen molar-refractivity contribution in [3.8, 4) is 5.75 Å². The molecule has 0 saturated carbocycles. The highest BCUT2D eigenvalue weighted by atomic mass is 16.5. The van der Waals surface area contributed by atoms with Crippen molar-refractivity contribution >= 4 is 23.2 Å². The number of unbranched alkanes of at least 4 members (excludes halogenated alkanes) is 3. The molecular formula is C24H32N2O3. The maximum absolute atomic E-state index is 12.5. The van der Waals surface area contributed by atoms with Gasteiger partial charge in [-0.3, -0.25) is 9.59 Å². The Morgan fingerprint density at radius 2 is 1.55 bits per heavy atom. The number of benzene rings is 2. The van der Waals surface area contributed by atoms with E-state index in [1.807, 2.05) is 32.9 Å². The highest BCUT2D eigenvalue weighted by Gasteiger charge is 2.21. The van der Waals surface area contributed by atoms with E-state index in [1.165, 1.54) is 19.3 Å². The van der Waals surface area contributed by atoms with Gasteiger partial charge in [0.25, 0.3) is 5.91 Å². The molecular weight excluding hydrogens is 364 g/mol. The van der Waals surface area contributed by atoms with Gasteiger partial charge < -0.3 is 15.4 Å². The smallest absolute Gasteiger partial charge is 0.255 e. The lowest BCUT2D eigenvalue weighted by molar-refractivity contribution is -0.123. The molecule has 2 rings (SSSR count). The van der Waals surface area contributed by atoms with E-state index < -0.39 is 5.41 Å². The fourth-order valence-corrected chi connectivity index (χ4v) is 2.62. The molecule has 0 aliphatic rings. The Kier molecular flexibility index (Phi) is 8.25. The van der Waals surface area contributed by atoms with Crippen LogP contribution in [0.5, 0.6) is 5.75 Å². The summed E-state index contributed by atoms with van der Waals surface area (Å²) < 4.78 is 5.71. The number of carbonyl (C=O) groups is 2. The van der Waals surface area contributed by atoms with E-state index in [4.69, 9.17) is 4.74 Å². The Balaban J connectivity index is 1.91. The van der Waals surface area contributed by atoms with Crippen LogP contribution in [0.2, 0.25) is 0 Å². The van der Waals surface area contributed by atoms with Crippen LogP contribution in [-0.4, -0.2) is 18.4 Å². The summed E-state index contributed by atoms with van der Waals surface area (Å²) in [6.07, 6.45) is 4.64. The molecule has 0 radical (unpaired) electrons. The van der Waals surface area contributed by atoms with Gasteiger partial charge in [-0.05, 0) is 48.9 Å². The summed E-state index contributed by atoms with van der Waals surface area (Å²) in [7, 11) is 0. The number of amides is 2. The SMILES string of the molecule is CCCCCCOc1ccc(C(=O)Nc2cccc(NC(=O)C(C)(C)C)c2)cc1. The Bertz CT molecular complexity index is 808. The van der Waals surface area contributed by atoms with Crippen molar-refractivity contribution < 1.29 is 14.3 Å². The standard InChI is InChI=1S/C24H32N2O3/c1-5-6-7-8-16-29-21-14-12-18(13-15-21)22(27)25-19-10-9-11-20(17-19)26-23(28)24(2,3)4/h9-15,17H,5-8,16H2,1-4H3,(H,25,27)(H,26,28). The molecule has 5 nitrogen and oxygen atoms in total. The van der Waals surface area contributed by atoms with Gasteiger partial charge in [0.15, 0.2) is 0 Å². The molecule has 0 bridgehead atoms. The van der Waals surface area contributed by atoms with Gasteiger partial charge in [-0.25, -0.2) is 0 Å². The first-order valence-corrected chi connectivity index (χ1v) is 10.3. The minimum Gasteiger partial charge on any atom is -0.494 e. The van der Waals surface area contributed by atoms with Crippen LogP contribution in [0.25, 0.3) is 0 Å². The number of nitrogens with one attached hydrogen (secondary N) is 2. The molecule has 2 N–H and O–H groups in total. The largest absolute Gasteiger partial charge is 0.494 e. The normalized spacial score (nSPS) is 11.0. The van der Waals surface area contributed by atoms with Gasteiger partial charge in [0.2, 0.25) is 5.91 Å².